The number of carboxylic acid groups (broad SMARTS) is 2. The van der Waals surface area contributed by atoms with E-state index in [1.54, 1.807) is 0 Å². The van der Waals surface area contributed by atoms with E-state index in [0.29, 0.717) is 36.4 Å². The van der Waals surface area contributed by atoms with Gasteiger partial charge in [-0.25, -0.2) is 9.59 Å². The summed E-state index contributed by atoms with van der Waals surface area (Å²) >= 11 is 0. The summed E-state index contributed by atoms with van der Waals surface area (Å²) in [6.07, 6.45) is -10.4. The fraction of sp³-hybridized carbons (Fsp3) is 0.125. The molecule has 2 N–H and O–H groups in total. The maximum Gasteiger partial charge on any atom is 0.417 e. The number of hydrogen-bond donors (Lipinski definition) is 2. The van der Waals surface area contributed by atoms with Crippen molar-refractivity contribution >= 4 is 11.9 Å². The normalized spacial score (nSPS) is 12.1. The van der Waals surface area contributed by atoms with E-state index in [1.807, 2.05) is 0 Å². The van der Waals surface area contributed by atoms with E-state index in [1.165, 1.54) is 0 Å². The maximum absolute atomic E-state index is 13.3. The lowest BCUT2D eigenvalue weighted by Gasteiger charge is -2.21. The monoisotopic (exact) mass is 378 g/mol. The summed E-state index contributed by atoms with van der Waals surface area (Å²) in [6.45, 7) is 0. The van der Waals surface area contributed by atoms with Crippen LogP contribution in [0.2, 0.25) is 0 Å². The van der Waals surface area contributed by atoms with E-state index in [9.17, 15) is 35.9 Å². The van der Waals surface area contributed by atoms with Crippen molar-refractivity contribution in [1.29, 1.82) is 0 Å². The molecule has 0 spiro atoms. The van der Waals surface area contributed by atoms with Gasteiger partial charge in [0.05, 0.1) is 22.3 Å². The average Bonchev–Trinajstić information content (AvgIpc) is 2.51. The minimum absolute atomic E-state index is 0.389. The van der Waals surface area contributed by atoms with Gasteiger partial charge in [0.1, 0.15) is 0 Å². The first-order valence-electron chi connectivity index (χ1n) is 6.73. The number of aromatic carboxylic acids is 2. The fourth-order valence-corrected chi connectivity index (χ4v) is 2.47. The van der Waals surface area contributed by atoms with E-state index < -0.39 is 57.7 Å². The van der Waals surface area contributed by atoms with Crippen LogP contribution in [0.15, 0.2) is 36.4 Å². The molecule has 26 heavy (non-hydrogen) atoms. The number of benzene rings is 2. The van der Waals surface area contributed by atoms with Crippen molar-refractivity contribution in [2.24, 2.45) is 0 Å². The first-order chi connectivity index (χ1) is 11.9. The molecule has 0 saturated carbocycles. The predicted molar refractivity (Wildman–Crippen MR) is 75.8 cm³/mol. The number of carbonyl (C=O) groups is 2. The van der Waals surface area contributed by atoms with Crippen molar-refractivity contribution in [3.05, 3.63) is 58.7 Å². The summed E-state index contributed by atoms with van der Waals surface area (Å²) in [5.41, 5.74) is -8.26. The smallest absolute Gasteiger partial charge is 0.417 e. The Kier molecular flexibility index (Phi) is 4.71. The van der Waals surface area contributed by atoms with Crippen molar-refractivity contribution in [2.75, 3.05) is 0 Å². The summed E-state index contributed by atoms with van der Waals surface area (Å²) in [7, 11) is 0. The number of hydrogen-bond acceptors (Lipinski definition) is 2. The van der Waals surface area contributed by atoms with Gasteiger partial charge in [0.2, 0.25) is 0 Å². The number of carboxylic acids is 2. The summed E-state index contributed by atoms with van der Waals surface area (Å²) < 4.78 is 79.9. The van der Waals surface area contributed by atoms with Gasteiger partial charge in [-0.3, -0.25) is 0 Å². The van der Waals surface area contributed by atoms with Crippen molar-refractivity contribution in [3.8, 4) is 11.1 Å². The van der Waals surface area contributed by atoms with Crippen LogP contribution in [0.5, 0.6) is 0 Å². The van der Waals surface area contributed by atoms with Crippen LogP contribution in [0.1, 0.15) is 31.8 Å². The highest BCUT2D eigenvalue weighted by Gasteiger charge is 2.41. The largest absolute Gasteiger partial charge is 0.478 e. The molecular formula is C16H8F6O4. The van der Waals surface area contributed by atoms with Crippen LogP contribution in [-0.2, 0) is 12.4 Å². The van der Waals surface area contributed by atoms with Gasteiger partial charge >= 0.3 is 24.3 Å². The van der Waals surface area contributed by atoms with Gasteiger partial charge in [-0.15, -0.1) is 0 Å². The first kappa shape index (κ1) is 19.3. The Hall–Kier alpha value is -3.04. The Morgan fingerprint density at radius 3 is 1.19 bits per heavy atom. The molecule has 0 unspecified atom stereocenters. The lowest BCUT2D eigenvalue weighted by Crippen LogP contribution is -2.17. The van der Waals surface area contributed by atoms with E-state index in [2.05, 4.69) is 0 Å². The Bertz CT molecular complexity index is 810. The second-order valence-electron chi connectivity index (χ2n) is 5.06. The minimum Gasteiger partial charge on any atom is -0.478 e. The molecule has 0 bridgehead atoms. The summed E-state index contributed by atoms with van der Waals surface area (Å²) in [6, 6.07) is 3.55. The van der Waals surface area contributed by atoms with E-state index in [-0.39, 0.29) is 0 Å². The standard InChI is InChI=1S/C16H8F6O4/c17-15(18,19)9-5-1-3-7(13(23)24)11(9)12-8(14(25)26)4-2-6-10(12)16(20,21)22/h1-6H,(H,23,24)(H,25,26). The lowest BCUT2D eigenvalue weighted by atomic mass is 9.87. The zero-order chi connectivity index (χ0) is 19.9. The lowest BCUT2D eigenvalue weighted by molar-refractivity contribution is -0.139. The highest BCUT2D eigenvalue weighted by molar-refractivity contribution is 6.04. The Labute approximate surface area is 141 Å². The molecule has 2 aromatic carbocycles. The zero-order valence-electron chi connectivity index (χ0n) is 12.4. The highest BCUT2D eigenvalue weighted by Crippen LogP contribution is 2.45. The van der Waals surface area contributed by atoms with Crippen LogP contribution in [-0.4, -0.2) is 22.2 Å². The molecule has 0 heterocycles. The van der Waals surface area contributed by atoms with Crippen LogP contribution >= 0.6 is 0 Å². The summed E-state index contributed by atoms with van der Waals surface area (Å²) in [4.78, 5) is 22.6. The number of alkyl halides is 6. The van der Waals surface area contributed by atoms with Gasteiger partial charge in [-0.2, -0.15) is 26.3 Å². The number of rotatable bonds is 3. The van der Waals surface area contributed by atoms with Crippen LogP contribution in [0, 0.1) is 0 Å². The molecular weight excluding hydrogens is 370 g/mol. The van der Waals surface area contributed by atoms with Crippen molar-refractivity contribution in [2.45, 2.75) is 12.4 Å². The molecule has 0 fully saturated rings. The van der Waals surface area contributed by atoms with Gasteiger partial charge < -0.3 is 10.2 Å². The van der Waals surface area contributed by atoms with Crippen molar-refractivity contribution in [1.82, 2.24) is 0 Å². The Morgan fingerprint density at radius 1 is 0.654 bits per heavy atom. The first-order valence-corrected chi connectivity index (χ1v) is 6.73. The average molecular weight is 378 g/mol. The van der Waals surface area contributed by atoms with Crippen LogP contribution in [0.4, 0.5) is 26.3 Å². The molecule has 2 rings (SSSR count). The zero-order valence-corrected chi connectivity index (χ0v) is 12.4. The highest BCUT2D eigenvalue weighted by atomic mass is 19.4. The molecule has 0 aliphatic rings. The van der Waals surface area contributed by atoms with Crippen LogP contribution < -0.4 is 0 Å². The molecule has 0 amide bonds. The molecule has 4 nitrogen and oxygen atoms in total. The maximum atomic E-state index is 13.3. The molecule has 0 radical (unpaired) electrons. The molecule has 0 saturated heterocycles. The SMILES string of the molecule is O=C(O)c1cccc(C(F)(F)F)c1-c1c(C(=O)O)cccc1C(F)(F)F. The van der Waals surface area contributed by atoms with Crippen molar-refractivity contribution in [3.63, 3.8) is 0 Å². The number of halogens is 6. The molecule has 0 aromatic heterocycles. The molecule has 0 atom stereocenters. The molecule has 138 valence electrons. The second-order valence-corrected chi connectivity index (χ2v) is 5.06. The Morgan fingerprint density at radius 2 is 0.962 bits per heavy atom. The molecule has 0 aliphatic heterocycles. The predicted octanol–water partition coefficient (Wildman–Crippen LogP) is 4.79. The van der Waals surface area contributed by atoms with Gasteiger partial charge in [0, 0.05) is 11.1 Å². The third-order valence-corrected chi connectivity index (χ3v) is 3.45. The summed E-state index contributed by atoms with van der Waals surface area (Å²) in [5, 5.41) is 18.3. The summed E-state index contributed by atoms with van der Waals surface area (Å²) in [5.74, 6) is -3.86. The van der Waals surface area contributed by atoms with Crippen molar-refractivity contribution < 1.29 is 46.1 Å². The van der Waals surface area contributed by atoms with Crippen LogP contribution in [0.3, 0.4) is 0 Å². The quantitative estimate of drug-likeness (QED) is 0.754. The topological polar surface area (TPSA) is 74.6 Å². The third kappa shape index (κ3) is 3.48. The fourth-order valence-electron chi connectivity index (χ4n) is 2.47. The second kappa shape index (κ2) is 6.36. The van der Waals surface area contributed by atoms with E-state index >= 15 is 0 Å². The van der Waals surface area contributed by atoms with Gasteiger partial charge in [0.15, 0.2) is 0 Å². The van der Waals surface area contributed by atoms with Crippen LogP contribution in [0.25, 0.3) is 11.1 Å². The third-order valence-electron chi connectivity index (χ3n) is 3.45. The molecule has 2 aromatic rings. The van der Waals surface area contributed by atoms with Gasteiger partial charge in [-0.1, -0.05) is 12.1 Å². The van der Waals surface area contributed by atoms with E-state index in [0.717, 1.165) is 0 Å². The Balaban J connectivity index is 3.10. The minimum atomic E-state index is -5.21. The van der Waals surface area contributed by atoms with Gasteiger partial charge in [-0.05, 0) is 24.3 Å². The molecule has 10 heteroatoms. The van der Waals surface area contributed by atoms with Gasteiger partial charge in [0.25, 0.3) is 0 Å². The molecule has 0 aliphatic carbocycles. The van der Waals surface area contributed by atoms with E-state index in [4.69, 9.17) is 10.2 Å².